The molecule has 0 saturated carbocycles. The van der Waals surface area contributed by atoms with Crippen molar-refractivity contribution < 1.29 is 14.3 Å². The Labute approximate surface area is 162 Å². The molecule has 1 aliphatic rings. The number of anilines is 2. The second-order valence-corrected chi connectivity index (χ2v) is 5.63. The Kier molecular flexibility index (Phi) is 5.73. The Morgan fingerprint density at radius 3 is 2.70 bits per heavy atom. The van der Waals surface area contributed by atoms with Crippen molar-refractivity contribution in [2.24, 2.45) is 0 Å². The topological polar surface area (TPSA) is 85.4 Å². The third-order valence-electron chi connectivity index (χ3n) is 3.89. The van der Waals surface area contributed by atoms with Crippen molar-refractivity contribution in [2.75, 3.05) is 17.4 Å². The molecule has 0 unspecified atom stereocenters. The quantitative estimate of drug-likeness (QED) is 0.700. The molecule has 2 aromatic heterocycles. The number of pyridine rings is 2. The van der Waals surface area contributed by atoms with E-state index < -0.39 is 0 Å². The highest BCUT2D eigenvalue weighted by Gasteiger charge is 2.16. The summed E-state index contributed by atoms with van der Waals surface area (Å²) in [6, 6.07) is 12.5. The van der Waals surface area contributed by atoms with Crippen LogP contribution in [0.3, 0.4) is 0 Å². The number of carbonyl (C=O) groups is 1. The predicted octanol–water partition coefficient (Wildman–Crippen LogP) is 3.49. The SMILES string of the molecule is Cl.O=C(Nc1ccc2c(c1)OCO2)c1cccnc1NCc1ccncc1. The minimum Gasteiger partial charge on any atom is -0.454 e. The first-order chi connectivity index (χ1) is 12.8. The number of nitrogens with zero attached hydrogens (tertiary/aromatic N) is 2. The smallest absolute Gasteiger partial charge is 0.259 e. The van der Waals surface area contributed by atoms with Crippen LogP contribution in [0.15, 0.2) is 61.1 Å². The molecular weight excluding hydrogens is 368 g/mol. The van der Waals surface area contributed by atoms with Crippen molar-refractivity contribution in [2.45, 2.75) is 6.54 Å². The molecule has 0 fully saturated rings. The zero-order valence-corrected chi connectivity index (χ0v) is 15.0. The van der Waals surface area contributed by atoms with Gasteiger partial charge in [0.05, 0.1) is 5.56 Å². The molecule has 4 rings (SSSR count). The van der Waals surface area contributed by atoms with Crippen LogP contribution in [0.2, 0.25) is 0 Å². The molecule has 138 valence electrons. The fourth-order valence-corrected chi connectivity index (χ4v) is 2.59. The van der Waals surface area contributed by atoms with Gasteiger partial charge in [-0.1, -0.05) is 0 Å². The van der Waals surface area contributed by atoms with Gasteiger partial charge in [0, 0.05) is 36.9 Å². The molecule has 2 N–H and O–H groups in total. The number of fused-ring (bicyclic) bond motifs is 1. The molecule has 3 heterocycles. The van der Waals surface area contributed by atoms with E-state index in [0.29, 0.717) is 35.1 Å². The molecule has 0 saturated heterocycles. The van der Waals surface area contributed by atoms with Gasteiger partial charge in [0.2, 0.25) is 6.79 Å². The van der Waals surface area contributed by atoms with Crippen molar-refractivity contribution in [3.8, 4) is 11.5 Å². The van der Waals surface area contributed by atoms with Gasteiger partial charge in [-0.15, -0.1) is 12.4 Å². The largest absolute Gasteiger partial charge is 0.454 e. The summed E-state index contributed by atoms with van der Waals surface area (Å²) in [5, 5.41) is 6.06. The molecule has 0 aliphatic carbocycles. The zero-order chi connectivity index (χ0) is 17.8. The van der Waals surface area contributed by atoms with Gasteiger partial charge in [0.1, 0.15) is 5.82 Å². The Bertz CT molecular complexity index is 937. The van der Waals surface area contributed by atoms with Gasteiger partial charge in [-0.3, -0.25) is 9.78 Å². The monoisotopic (exact) mass is 384 g/mol. The highest BCUT2D eigenvalue weighted by atomic mass is 35.5. The fraction of sp³-hybridized carbons (Fsp3) is 0.105. The van der Waals surface area contributed by atoms with E-state index in [1.807, 2.05) is 12.1 Å². The Hall–Kier alpha value is -3.32. The molecule has 8 heteroatoms. The minimum absolute atomic E-state index is 0. The summed E-state index contributed by atoms with van der Waals surface area (Å²) in [5.74, 6) is 1.55. The third-order valence-corrected chi connectivity index (χ3v) is 3.89. The van der Waals surface area contributed by atoms with E-state index in [2.05, 4.69) is 20.6 Å². The Morgan fingerprint density at radius 1 is 1.04 bits per heavy atom. The van der Waals surface area contributed by atoms with Gasteiger partial charge in [0.15, 0.2) is 11.5 Å². The number of carbonyl (C=O) groups excluding carboxylic acids is 1. The Balaban J connectivity index is 0.00000210. The molecule has 0 spiro atoms. The first-order valence-electron chi connectivity index (χ1n) is 8.08. The van der Waals surface area contributed by atoms with Crippen LogP contribution < -0.4 is 20.1 Å². The van der Waals surface area contributed by atoms with E-state index in [9.17, 15) is 4.79 Å². The highest BCUT2D eigenvalue weighted by Crippen LogP contribution is 2.34. The van der Waals surface area contributed by atoms with Crippen molar-refractivity contribution in [3.63, 3.8) is 0 Å². The van der Waals surface area contributed by atoms with Crippen LogP contribution in [0, 0.1) is 0 Å². The standard InChI is InChI=1S/C19H16N4O3.ClH/c24-19(23-14-3-4-16-17(10-14)26-12-25-16)15-2-1-7-21-18(15)22-11-13-5-8-20-9-6-13;/h1-10H,11-12H2,(H,21,22)(H,23,24);1H. The molecule has 0 bridgehead atoms. The van der Waals surface area contributed by atoms with Gasteiger partial charge in [0.25, 0.3) is 5.91 Å². The van der Waals surface area contributed by atoms with E-state index in [1.54, 1.807) is 48.9 Å². The molecule has 1 aromatic carbocycles. The minimum atomic E-state index is -0.255. The second kappa shape index (κ2) is 8.37. The molecule has 27 heavy (non-hydrogen) atoms. The number of halogens is 1. The Morgan fingerprint density at radius 2 is 1.85 bits per heavy atom. The summed E-state index contributed by atoms with van der Waals surface area (Å²) < 4.78 is 10.6. The van der Waals surface area contributed by atoms with Gasteiger partial charge in [-0.2, -0.15) is 0 Å². The van der Waals surface area contributed by atoms with Crippen LogP contribution in [0.1, 0.15) is 15.9 Å². The predicted molar refractivity (Wildman–Crippen MR) is 104 cm³/mol. The summed E-state index contributed by atoms with van der Waals surface area (Å²) in [5.41, 5.74) is 2.13. The van der Waals surface area contributed by atoms with E-state index in [0.717, 1.165) is 5.56 Å². The number of benzene rings is 1. The molecule has 1 amide bonds. The normalized spacial score (nSPS) is 11.4. The lowest BCUT2D eigenvalue weighted by atomic mass is 10.2. The lowest BCUT2D eigenvalue weighted by Gasteiger charge is -2.11. The average Bonchev–Trinajstić information content (AvgIpc) is 3.15. The number of rotatable bonds is 5. The first kappa shape index (κ1) is 18.5. The van der Waals surface area contributed by atoms with Gasteiger partial charge in [-0.25, -0.2) is 4.98 Å². The maximum absolute atomic E-state index is 12.7. The van der Waals surface area contributed by atoms with Crippen LogP contribution in [0.25, 0.3) is 0 Å². The number of aromatic nitrogens is 2. The van der Waals surface area contributed by atoms with Crippen molar-refractivity contribution in [1.29, 1.82) is 0 Å². The fourth-order valence-electron chi connectivity index (χ4n) is 2.59. The van der Waals surface area contributed by atoms with E-state index in [-0.39, 0.29) is 25.1 Å². The second-order valence-electron chi connectivity index (χ2n) is 5.63. The zero-order valence-electron chi connectivity index (χ0n) is 14.2. The number of hydrogen-bond donors (Lipinski definition) is 2. The average molecular weight is 385 g/mol. The van der Waals surface area contributed by atoms with E-state index in [4.69, 9.17) is 9.47 Å². The molecule has 1 aliphatic heterocycles. The summed E-state index contributed by atoms with van der Waals surface area (Å²) in [4.78, 5) is 20.9. The maximum atomic E-state index is 12.7. The molecule has 7 nitrogen and oxygen atoms in total. The van der Waals surface area contributed by atoms with Gasteiger partial charge in [-0.05, 0) is 42.0 Å². The van der Waals surface area contributed by atoms with Crippen LogP contribution >= 0.6 is 12.4 Å². The molecule has 0 atom stereocenters. The van der Waals surface area contributed by atoms with Crippen LogP contribution in [-0.2, 0) is 6.54 Å². The summed E-state index contributed by atoms with van der Waals surface area (Å²) in [7, 11) is 0. The number of ether oxygens (including phenoxy) is 2. The highest BCUT2D eigenvalue weighted by molar-refractivity contribution is 6.07. The molecular formula is C19H17ClN4O3. The van der Waals surface area contributed by atoms with Crippen LogP contribution in [0.5, 0.6) is 11.5 Å². The van der Waals surface area contributed by atoms with Crippen molar-refractivity contribution >= 4 is 29.8 Å². The number of amides is 1. The summed E-state index contributed by atoms with van der Waals surface area (Å²) in [6.45, 7) is 0.738. The summed E-state index contributed by atoms with van der Waals surface area (Å²) >= 11 is 0. The van der Waals surface area contributed by atoms with Gasteiger partial charge < -0.3 is 20.1 Å². The lowest BCUT2D eigenvalue weighted by Crippen LogP contribution is -2.15. The van der Waals surface area contributed by atoms with E-state index >= 15 is 0 Å². The van der Waals surface area contributed by atoms with Gasteiger partial charge >= 0.3 is 0 Å². The van der Waals surface area contributed by atoms with Crippen molar-refractivity contribution in [1.82, 2.24) is 9.97 Å². The van der Waals surface area contributed by atoms with Crippen molar-refractivity contribution in [3.05, 3.63) is 72.2 Å². The molecule has 0 radical (unpaired) electrons. The van der Waals surface area contributed by atoms with Crippen LogP contribution in [-0.4, -0.2) is 22.7 Å². The third kappa shape index (κ3) is 4.27. The molecule has 3 aromatic rings. The number of hydrogen-bond acceptors (Lipinski definition) is 6. The first-order valence-corrected chi connectivity index (χ1v) is 8.08. The van der Waals surface area contributed by atoms with Crippen LogP contribution in [0.4, 0.5) is 11.5 Å². The van der Waals surface area contributed by atoms with E-state index in [1.165, 1.54) is 0 Å². The lowest BCUT2D eigenvalue weighted by molar-refractivity contribution is 0.102. The number of nitrogens with one attached hydrogen (secondary N) is 2. The summed E-state index contributed by atoms with van der Waals surface area (Å²) in [6.07, 6.45) is 5.09. The maximum Gasteiger partial charge on any atom is 0.259 e.